The molecule has 192 valence electrons. The summed E-state index contributed by atoms with van der Waals surface area (Å²) in [6.07, 6.45) is 11.1. The maximum atomic E-state index is 11.6. The molecule has 0 aliphatic carbocycles. The standard InChI is InChI=1S/C16H36N.C12H11O4P/c1-5-9-13-17(14-10-6-2,15-11-7-3)16-12-8-4;13-17(14,15-11-7-3-1-4-8-11)16-12-9-5-2-6-10-12/h5-16H2,1-4H3;1-10H,(H,13,14)/q+1;/p-1. The van der Waals surface area contributed by atoms with Crippen LogP contribution in [0.2, 0.25) is 0 Å². The molecule has 0 unspecified atom stereocenters. The van der Waals surface area contributed by atoms with Crippen molar-refractivity contribution in [1.82, 2.24) is 0 Å². The van der Waals surface area contributed by atoms with Crippen LogP contribution >= 0.6 is 7.82 Å². The zero-order chi connectivity index (χ0) is 25.1. The van der Waals surface area contributed by atoms with Gasteiger partial charge in [0.05, 0.1) is 26.2 Å². The molecule has 0 atom stereocenters. The molecule has 2 aromatic rings. The number of phosphoric acid groups is 1. The van der Waals surface area contributed by atoms with E-state index in [0.717, 1.165) is 0 Å². The Labute approximate surface area is 208 Å². The zero-order valence-corrected chi connectivity index (χ0v) is 22.7. The first-order chi connectivity index (χ1) is 16.4. The van der Waals surface area contributed by atoms with E-state index in [2.05, 4.69) is 27.7 Å². The van der Waals surface area contributed by atoms with E-state index in [0.29, 0.717) is 0 Å². The number of unbranched alkanes of at least 4 members (excludes halogenated alkanes) is 4. The summed E-state index contributed by atoms with van der Waals surface area (Å²) in [5.74, 6) is 0.448. The normalized spacial score (nSPS) is 11.4. The quantitative estimate of drug-likeness (QED) is 0.179. The van der Waals surface area contributed by atoms with Crippen molar-refractivity contribution in [2.75, 3.05) is 26.2 Å². The van der Waals surface area contributed by atoms with Gasteiger partial charge in [0, 0.05) is 0 Å². The molecule has 0 saturated carbocycles. The fraction of sp³-hybridized carbons (Fsp3) is 0.571. The van der Waals surface area contributed by atoms with Crippen molar-refractivity contribution < 1.29 is 23.0 Å². The molecule has 0 aliphatic heterocycles. The van der Waals surface area contributed by atoms with E-state index in [1.165, 1.54) is 82.0 Å². The average Bonchev–Trinajstić information content (AvgIpc) is 2.84. The Morgan fingerprint density at radius 3 is 1.18 bits per heavy atom. The third kappa shape index (κ3) is 13.2. The van der Waals surface area contributed by atoms with Gasteiger partial charge in [0.25, 0.3) is 0 Å². The van der Waals surface area contributed by atoms with Crippen LogP contribution in [0, 0.1) is 0 Å². The van der Waals surface area contributed by atoms with Crippen molar-refractivity contribution in [3.8, 4) is 11.5 Å². The van der Waals surface area contributed by atoms with Crippen LogP contribution in [0.25, 0.3) is 0 Å². The lowest BCUT2D eigenvalue weighted by atomic mass is 10.1. The predicted octanol–water partition coefficient (Wildman–Crippen LogP) is 7.62. The number of nitrogens with zero attached hydrogens (tertiary/aromatic N) is 1. The molecule has 0 heterocycles. The molecule has 6 heteroatoms. The van der Waals surface area contributed by atoms with E-state index in [4.69, 9.17) is 9.05 Å². The molecule has 0 fully saturated rings. The van der Waals surface area contributed by atoms with Gasteiger partial charge in [0.1, 0.15) is 11.5 Å². The Morgan fingerprint density at radius 1 is 0.618 bits per heavy atom. The molecular weight excluding hydrogens is 445 g/mol. The second-order valence-corrected chi connectivity index (χ2v) is 10.2. The van der Waals surface area contributed by atoms with Gasteiger partial charge in [-0.1, -0.05) is 89.8 Å². The Morgan fingerprint density at radius 2 is 0.912 bits per heavy atom. The van der Waals surface area contributed by atoms with Crippen LogP contribution in [-0.2, 0) is 4.57 Å². The molecule has 2 rings (SSSR count). The third-order valence-electron chi connectivity index (χ3n) is 5.86. The van der Waals surface area contributed by atoms with Crippen molar-refractivity contribution in [2.45, 2.75) is 79.1 Å². The fourth-order valence-electron chi connectivity index (χ4n) is 3.88. The minimum absolute atomic E-state index is 0.224. The van der Waals surface area contributed by atoms with Gasteiger partial charge in [-0.2, -0.15) is 0 Å². The molecule has 5 nitrogen and oxygen atoms in total. The minimum Gasteiger partial charge on any atom is -0.736 e. The lowest BCUT2D eigenvalue weighted by molar-refractivity contribution is -0.929. The van der Waals surface area contributed by atoms with Gasteiger partial charge in [-0.3, -0.25) is 0 Å². The van der Waals surface area contributed by atoms with Crippen LogP contribution in [0.5, 0.6) is 11.5 Å². The maximum Gasteiger partial charge on any atom is 0.372 e. The summed E-state index contributed by atoms with van der Waals surface area (Å²) in [7, 11) is -4.39. The number of quaternary nitrogens is 1. The van der Waals surface area contributed by atoms with E-state index >= 15 is 0 Å². The number of benzene rings is 2. The molecule has 0 amide bonds. The van der Waals surface area contributed by atoms with E-state index in [1.807, 2.05) is 0 Å². The van der Waals surface area contributed by atoms with Crippen LogP contribution in [0.3, 0.4) is 0 Å². The van der Waals surface area contributed by atoms with Gasteiger partial charge < -0.3 is 18.4 Å². The Hall–Kier alpha value is -1.81. The Balaban J connectivity index is 0.000000340. The second-order valence-electron chi connectivity index (χ2n) is 8.91. The molecule has 0 aromatic heterocycles. The lowest BCUT2D eigenvalue weighted by Crippen LogP contribution is -2.50. The fourth-order valence-corrected chi connectivity index (χ4v) is 4.68. The molecular formula is C28H46NO4P. The van der Waals surface area contributed by atoms with Crippen molar-refractivity contribution >= 4 is 7.82 Å². The van der Waals surface area contributed by atoms with Crippen molar-refractivity contribution in [1.29, 1.82) is 0 Å². The van der Waals surface area contributed by atoms with E-state index < -0.39 is 7.82 Å². The smallest absolute Gasteiger partial charge is 0.372 e. The number of hydrogen-bond acceptors (Lipinski definition) is 4. The summed E-state index contributed by atoms with van der Waals surface area (Å²) < 4.78 is 22.5. The van der Waals surface area contributed by atoms with Crippen molar-refractivity contribution in [3.05, 3.63) is 60.7 Å². The van der Waals surface area contributed by atoms with E-state index in [9.17, 15) is 9.46 Å². The summed E-state index contributed by atoms with van der Waals surface area (Å²) >= 11 is 0. The first-order valence-electron chi connectivity index (χ1n) is 13.1. The summed E-state index contributed by atoms with van der Waals surface area (Å²) in [6.45, 7) is 15.0. The summed E-state index contributed by atoms with van der Waals surface area (Å²) in [5, 5.41) is 0. The Kier molecular flexibility index (Phi) is 15.6. The van der Waals surface area contributed by atoms with Crippen LogP contribution in [0.4, 0.5) is 0 Å². The molecule has 0 N–H and O–H groups in total. The van der Waals surface area contributed by atoms with Gasteiger partial charge in [0.15, 0.2) is 0 Å². The minimum atomic E-state index is -4.39. The van der Waals surface area contributed by atoms with Gasteiger partial charge in [-0.05, 0) is 49.9 Å². The van der Waals surface area contributed by atoms with Crippen molar-refractivity contribution in [2.24, 2.45) is 0 Å². The van der Waals surface area contributed by atoms with Crippen LogP contribution in [0.15, 0.2) is 60.7 Å². The maximum absolute atomic E-state index is 11.6. The highest BCUT2D eigenvalue weighted by Crippen LogP contribution is 2.40. The van der Waals surface area contributed by atoms with Crippen LogP contribution in [0.1, 0.15) is 79.1 Å². The molecule has 0 bridgehead atoms. The Bertz CT molecular complexity index is 702. The SMILES string of the molecule is CCCC[N+](CCCC)(CCCC)CCCC.O=P([O-])(Oc1ccccc1)Oc1ccccc1. The lowest BCUT2D eigenvalue weighted by Gasteiger charge is -2.39. The molecule has 0 radical (unpaired) electrons. The van der Waals surface area contributed by atoms with Gasteiger partial charge in [-0.25, -0.2) is 4.57 Å². The summed E-state index contributed by atoms with van der Waals surface area (Å²) in [6, 6.07) is 16.4. The third-order valence-corrected chi connectivity index (χ3v) is 6.73. The number of phosphoric ester groups is 1. The largest absolute Gasteiger partial charge is 0.736 e. The molecule has 0 saturated heterocycles. The monoisotopic (exact) mass is 491 g/mol. The molecule has 34 heavy (non-hydrogen) atoms. The first-order valence-corrected chi connectivity index (χ1v) is 14.5. The van der Waals surface area contributed by atoms with E-state index in [-0.39, 0.29) is 11.5 Å². The van der Waals surface area contributed by atoms with E-state index in [1.54, 1.807) is 60.7 Å². The zero-order valence-electron chi connectivity index (χ0n) is 21.8. The predicted molar refractivity (Wildman–Crippen MR) is 141 cm³/mol. The van der Waals surface area contributed by atoms with Gasteiger partial charge in [-0.15, -0.1) is 0 Å². The first kappa shape index (κ1) is 30.2. The molecule has 0 aliphatic rings. The van der Waals surface area contributed by atoms with Gasteiger partial charge >= 0.3 is 7.82 Å². The topological polar surface area (TPSA) is 58.6 Å². The number of hydrogen-bond donors (Lipinski definition) is 0. The molecule has 2 aromatic carbocycles. The second kappa shape index (κ2) is 17.6. The van der Waals surface area contributed by atoms with Crippen LogP contribution < -0.4 is 13.9 Å². The summed E-state index contributed by atoms with van der Waals surface area (Å²) in [4.78, 5) is 11.6. The number of rotatable bonds is 16. The summed E-state index contributed by atoms with van der Waals surface area (Å²) in [5.41, 5.74) is 0. The highest BCUT2D eigenvalue weighted by molar-refractivity contribution is 7.46. The highest BCUT2D eigenvalue weighted by Gasteiger charge is 2.24. The van der Waals surface area contributed by atoms with Gasteiger partial charge in [0.2, 0.25) is 0 Å². The van der Waals surface area contributed by atoms with Crippen LogP contribution in [-0.4, -0.2) is 30.7 Å². The average molecular weight is 492 g/mol. The molecule has 0 spiro atoms. The number of para-hydroxylation sites is 2. The highest BCUT2D eigenvalue weighted by atomic mass is 31.2. The van der Waals surface area contributed by atoms with Crippen molar-refractivity contribution in [3.63, 3.8) is 0 Å².